The number of aliphatic hydroxyl groups excluding tert-OH is 1. The van der Waals surface area contributed by atoms with Crippen LogP contribution < -0.4 is 0 Å². The first kappa shape index (κ1) is 11.8. The van der Waals surface area contributed by atoms with Gasteiger partial charge in [0.15, 0.2) is 0 Å². The van der Waals surface area contributed by atoms with Gasteiger partial charge in [0.25, 0.3) is 0 Å². The van der Waals surface area contributed by atoms with E-state index in [4.69, 9.17) is 4.74 Å². The van der Waals surface area contributed by atoms with E-state index in [-0.39, 0.29) is 6.04 Å². The maximum Gasteiger partial charge on any atom is 0.305 e. The molecule has 0 aromatic heterocycles. The zero-order valence-corrected chi connectivity index (χ0v) is 9.09. The first-order valence-electron chi connectivity index (χ1n) is 5.09. The smallest absolute Gasteiger partial charge is 0.305 e. The number of hydrogen-bond acceptors (Lipinski definition) is 4. The van der Waals surface area contributed by atoms with Crippen LogP contribution in [0.15, 0.2) is 24.4 Å². The first-order chi connectivity index (χ1) is 7.15. The third kappa shape index (κ3) is 3.40. The molecule has 1 aliphatic heterocycles. The van der Waals surface area contributed by atoms with Crippen molar-refractivity contribution in [3.63, 3.8) is 0 Å². The monoisotopic (exact) mass is 211 g/mol. The van der Waals surface area contributed by atoms with Crippen molar-refractivity contribution in [1.82, 2.24) is 4.90 Å². The fraction of sp³-hybridized carbons (Fsp3) is 0.545. The van der Waals surface area contributed by atoms with Gasteiger partial charge in [-0.05, 0) is 18.7 Å². The topological polar surface area (TPSA) is 49.8 Å². The van der Waals surface area contributed by atoms with Gasteiger partial charge in [-0.3, -0.25) is 4.79 Å². The fourth-order valence-electron chi connectivity index (χ4n) is 1.58. The molecule has 4 heteroatoms. The normalized spacial score (nSPS) is 18.7. The van der Waals surface area contributed by atoms with Crippen molar-refractivity contribution in [1.29, 1.82) is 0 Å². The molecule has 4 nitrogen and oxygen atoms in total. The summed E-state index contributed by atoms with van der Waals surface area (Å²) < 4.78 is 4.77. The van der Waals surface area contributed by atoms with Gasteiger partial charge in [-0.1, -0.05) is 19.1 Å². The van der Waals surface area contributed by atoms with Crippen molar-refractivity contribution in [2.24, 2.45) is 0 Å². The maximum absolute atomic E-state index is 10.7. The summed E-state index contributed by atoms with van der Waals surface area (Å²) in [6, 6.07) is -0.185. The van der Waals surface area contributed by atoms with Crippen LogP contribution >= 0.6 is 0 Å². The molecule has 15 heavy (non-hydrogen) atoms. The molecule has 2 atom stereocenters. The average molecular weight is 211 g/mol. The molecule has 0 amide bonds. The molecule has 0 aromatic rings. The lowest BCUT2D eigenvalue weighted by atomic mass is 10.1. The van der Waals surface area contributed by atoms with Crippen LogP contribution in [0.25, 0.3) is 0 Å². The molecule has 1 aliphatic rings. The van der Waals surface area contributed by atoms with E-state index >= 15 is 0 Å². The number of carbonyl (C=O) groups excluding carboxylic acids is 1. The highest BCUT2D eigenvalue weighted by Crippen LogP contribution is 2.13. The number of carbonyl (C=O) groups is 1. The minimum absolute atomic E-state index is 0.185. The van der Waals surface area contributed by atoms with Gasteiger partial charge in [0.2, 0.25) is 6.29 Å². The van der Waals surface area contributed by atoms with Crippen molar-refractivity contribution < 1.29 is 14.6 Å². The largest absolute Gasteiger partial charge is 0.434 e. The lowest BCUT2D eigenvalue weighted by Crippen LogP contribution is -2.42. The van der Waals surface area contributed by atoms with Crippen LogP contribution in [0.2, 0.25) is 0 Å². The zero-order chi connectivity index (χ0) is 11.3. The quantitative estimate of drug-likeness (QED) is 0.557. The summed E-state index contributed by atoms with van der Waals surface area (Å²) in [6.07, 6.45) is 7.37. The number of aliphatic hydroxyl groups is 1. The second-order valence-electron chi connectivity index (χ2n) is 3.44. The van der Waals surface area contributed by atoms with Gasteiger partial charge >= 0.3 is 5.97 Å². The highest BCUT2D eigenvalue weighted by atomic mass is 16.6. The fourth-order valence-corrected chi connectivity index (χ4v) is 1.58. The van der Waals surface area contributed by atoms with E-state index in [1.54, 1.807) is 0 Å². The van der Waals surface area contributed by atoms with E-state index in [2.05, 4.69) is 0 Å². The Kier molecular flexibility index (Phi) is 4.37. The molecule has 1 rings (SSSR count). The second kappa shape index (κ2) is 5.56. The minimum Gasteiger partial charge on any atom is -0.434 e. The van der Waals surface area contributed by atoms with E-state index < -0.39 is 12.3 Å². The van der Waals surface area contributed by atoms with Gasteiger partial charge in [0.05, 0.1) is 6.04 Å². The minimum atomic E-state index is -1.07. The van der Waals surface area contributed by atoms with Gasteiger partial charge in [-0.2, -0.15) is 0 Å². The Bertz CT molecular complexity index is 273. The second-order valence-corrected chi connectivity index (χ2v) is 3.44. The highest BCUT2D eigenvalue weighted by molar-refractivity contribution is 5.66. The van der Waals surface area contributed by atoms with Crippen LogP contribution in [-0.2, 0) is 9.53 Å². The maximum atomic E-state index is 10.7. The highest BCUT2D eigenvalue weighted by Gasteiger charge is 2.24. The predicted molar refractivity (Wildman–Crippen MR) is 56.8 cm³/mol. The van der Waals surface area contributed by atoms with Crippen molar-refractivity contribution in [2.75, 3.05) is 6.54 Å². The SMILES string of the molecule is CCC(C(O)OC(C)=O)N1C=CC=CC1. The van der Waals surface area contributed by atoms with Crippen molar-refractivity contribution >= 4 is 5.97 Å². The number of esters is 1. The zero-order valence-electron chi connectivity index (χ0n) is 9.09. The Hall–Kier alpha value is -1.29. The van der Waals surface area contributed by atoms with Crippen LogP contribution in [0.1, 0.15) is 20.3 Å². The van der Waals surface area contributed by atoms with Crippen molar-refractivity contribution in [2.45, 2.75) is 32.6 Å². The van der Waals surface area contributed by atoms with Crippen LogP contribution in [-0.4, -0.2) is 34.9 Å². The number of hydrogen-bond donors (Lipinski definition) is 1. The Balaban J connectivity index is 2.57. The molecule has 1 N–H and O–H groups in total. The number of ether oxygens (including phenoxy) is 1. The lowest BCUT2D eigenvalue weighted by Gasteiger charge is -2.32. The molecule has 0 aromatic carbocycles. The Labute approximate surface area is 89.8 Å². The molecule has 0 fully saturated rings. The molecule has 1 heterocycles. The van der Waals surface area contributed by atoms with E-state index in [1.165, 1.54) is 6.92 Å². The summed E-state index contributed by atoms with van der Waals surface area (Å²) in [5, 5.41) is 9.69. The van der Waals surface area contributed by atoms with Crippen LogP contribution in [0, 0.1) is 0 Å². The lowest BCUT2D eigenvalue weighted by molar-refractivity contribution is -0.175. The van der Waals surface area contributed by atoms with Gasteiger partial charge < -0.3 is 14.7 Å². The molecule has 0 saturated heterocycles. The molecular weight excluding hydrogens is 194 g/mol. The number of nitrogens with zero attached hydrogens (tertiary/aromatic N) is 1. The standard InChI is InChI=1S/C11H17NO3/c1-3-10(11(14)15-9(2)13)12-7-5-4-6-8-12/h4-7,10-11,14H,3,8H2,1-2H3. The van der Waals surface area contributed by atoms with E-state index in [0.717, 1.165) is 6.54 Å². The van der Waals surface area contributed by atoms with Gasteiger partial charge in [-0.15, -0.1) is 0 Å². The first-order valence-corrected chi connectivity index (χ1v) is 5.09. The van der Waals surface area contributed by atoms with Crippen LogP contribution in [0.5, 0.6) is 0 Å². The summed E-state index contributed by atoms with van der Waals surface area (Å²) in [7, 11) is 0. The predicted octanol–water partition coefficient (Wildman–Crippen LogP) is 1.03. The third-order valence-corrected chi connectivity index (χ3v) is 2.30. The summed E-state index contributed by atoms with van der Waals surface area (Å²) in [4.78, 5) is 12.7. The number of rotatable bonds is 4. The third-order valence-electron chi connectivity index (χ3n) is 2.30. The Morgan fingerprint density at radius 1 is 1.60 bits per heavy atom. The van der Waals surface area contributed by atoms with Crippen LogP contribution in [0.3, 0.4) is 0 Å². The van der Waals surface area contributed by atoms with E-state index in [9.17, 15) is 9.90 Å². The number of allylic oxidation sites excluding steroid dienone is 2. The summed E-state index contributed by atoms with van der Waals surface area (Å²) in [5.74, 6) is -0.461. The Morgan fingerprint density at radius 2 is 2.33 bits per heavy atom. The van der Waals surface area contributed by atoms with Gasteiger partial charge in [0, 0.05) is 13.5 Å². The molecule has 0 radical (unpaired) electrons. The molecule has 0 saturated carbocycles. The summed E-state index contributed by atoms with van der Waals surface area (Å²) in [6.45, 7) is 3.97. The summed E-state index contributed by atoms with van der Waals surface area (Å²) >= 11 is 0. The molecule has 0 bridgehead atoms. The molecule has 84 valence electrons. The van der Waals surface area contributed by atoms with E-state index in [0.29, 0.717) is 6.42 Å². The van der Waals surface area contributed by atoms with Crippen molar-refractivity contribution in [3.8, 4) is 0 Å². The molecule has 0 aliphatic carbocycles. The van der Waals surface area contributed by atoms with Gasteiger partial charge in [-0.25, -0.2) is 0 Å². The van der Waals surface area contributed by atoms with Crippen molar-refractivity contribution in [3.05, 3.63) is 24.4 Å². The summed E-state index contributed by atoms with van der Waals surface area (Å²) in [5.41, 5.74) is 0. The Morgan fingerprint density at radius 3 is 2.80 bits per heavy atom. The molecular formula is C11H17NO3. The van der Waals surface area contributed by atoms with Gasteiger partial charge in [0.1, 0.15) is 0 Å². The van der Waals surface area contributed by atoms with E-state index in [1.807, 2.05) is 36.3 Å². The average Bonchev–Trinajstić information content (AvgIpc) is 2.19. The van der Waals surface area contributed by atoms with Crippen LogP contribution in [0.4, 0.5) is 0 Å². The molecule has 2 unspecified atom stereocenters. The molecule has 0 spiro atoms.